The Bertz CT molecular complexity index is 771. The quantitative estimate of drug-likeness (QED) is 0.434. The van der Waals surface area contributed by atoms with E-state index in [0.29, 0.717) is 23.4 Å². The number of hydrogen-bond donors (Lipinski definition) is 1. The maximum Gasteiger partial charge on any atom is 0.292 e. The fourth-order valence-electron chi connectivity index (χ4n) is 2.06. The highest BCUT2D eigenvalue weighted by Gasteiger charge is 2.19. The molecule has 1 N–H and O–H groups in total. The van der Waals surface area contributed by atoms with Crippen LogP contribution in [0.25, 0.3) is 5.57 Å². The third-order valence-electron chi connectivity index (χ3n) is 3.23. The van der Waals surface area contributed by atoms with Crippen molar-refractivity contribution in [1.29, 1.82) is 0 Å². The zero-order valence-corrected chi connectivity index (χ0v) is 15.4. The second kappa shape index (κ2) is 8.98. The van der Waals surface area contributed by atoms with E-state index >= 15 is 0 Å². The number of carbonyl (C=O) groups is 2. The fraction of sp³-hybridized carbons (Fsp3) is 0.167. The molecule has 0 aliphatic rings. The first-order valence-corrected chi connectivity index (χ1v) is 8.28. The number of ether oxygens (including phenoxy) is 2. The Balaban J connectivity index is 2.36. The summed E-state index contributed by atoms with van der Waals surface area (Å²) in [5, 5.41) is 2.62. The van der Waals surface area contributed by atoms with Crippen molar-refractivity contribution in [3.05, 3.63) is 58.4 Å². The molecule has 1 heterocycles. The lowest BCUT2D eigenvalue weighted by Crippen LogP contribution is -2.19. The van der Waals surface area contributed by atoms with Gasteiger partial charge in [0.05, 0.1) is 19.3 Å². The van der Waals surface area contributed by atoms with Crippen molar-refractivity contribution < 1.29 is 19.1 Å². The first-order valence-electron chi connectivity index (χ1n) is 7.48. The molecule has 0 aliphatic heterocycles. The number of hydrogen-bond acceptors (Lipinski definition) is 5. The Hall–Kier alpha value is -2.67. The minimum Gasteiger partial charge on any atom is -0.497 e. The lowest BCUT2D eigenvalue weighted by molar-refractivity contribution is -0.116. The van der Waals surface area contributed by atoms with Crippen LogP contribution in [0.1, 0.15) is 12.5 Å². The molecule has 7 heteroatoms. The number of halogens is 1. The largest absolute Gasteiger partial charge is 0.497 e. The predicted octanol–water partition coefficient (Wildman–Crippen LogP) is 3.44. The SMILES string of the molecule is CCOC(C(=O)Nc1ccc(Br)cn1)=C(C=O)c1ccc(OC)cc1. The van der Waals surface area contributed by atoms with Crippen molar-refractivity contribution >= 4 is 39.5 Å². The summed E-state index contributed by atoms with van der Waals surface area (Å²) >= 11 is 3.28. The summed E-state index contributed by atoms with van der Waals surface area (Å²) in [6.07, 6.45) is 2.16. The topological polar surface area (TPSA) is 77.5 Å². The van der Waals surface area contributed by atoms with Gasteiger partial charge < -0.3 is 14.8 Å². The molecule has 0 bridgehead atoms. The number of aldehydes is 1. The van der Waals surface area contributed by atoms with Crippen molar-refractivity contribution in [1.82, 2.24) is 4.98 Å². The van der Waals surface area contributed by atoms with E-state index in [2.05, 4.69) is 26.2 Å². The van der Waals surface area contributed by atoms with Crippen LogP contribution in [0, 0.1) is 0 Å². The Morgan fingerprint density at radius 3 is 2.48 bits per heavy atom. The number of amides is 1. The van der Waals surface area contributed by atoms with Gasteiger partial charge in [0.2, 0.25) is 0 Å². The third kappa shape index (κ3) is 4.90. The van der Waals surface area contributed by atoms with Gasteiger partial charge in [0.1, 0.15) is 11.6 Å². The molecule has 0 saturated carbocycles. The highest BCUT2D eigenvalue weighted by molar-refractivity contribution is 9.10. The molecule has 0 aliphatic carbocycles. The number of nitrogens with one attached hydrogen (secondary N) is 1. The highest BCUT2D eigenvalue weighted by atomic mass is 79.9. The zero-order chi connectivity index (χ0) is 18.2. The number of benzene rings is 1. The van der Waals surface area contributed by atoms with Gasteiger partial charge in [-0.2, -0.15) is 0 Å². The van der Waals surface area contributed by atoms with Crippen LogP contribution in [0.15, 0.2) is 52.8 Å². The summed E-state index contributed by atoms with van der Waals surface area (Å²) in [6.45, 7) is 1.98. The number of anilines is 1. The number of nitrogens with zero attached hydrogens (tertiary/aromatic N) is 1. The molecule has 1 aromatic carbocycles. The zero-order valence-electron chi connectivity index (χ0n) is 13.8. The summed E-state index contributed by atoms with van der Waals surface area (Å²) < 4.78 is 11.3. The number of methoxy groups -OCH3 is 1. The van der Waals surface area contributed by atoms with Crippen LogP contribution in [0.4, 0.5) is 5.82 Å². The normalized spacial score (nSPS) is 11.3. The third-order valence-corrected chi connectivity index (χ3v) is 3.70. The van der Waals surface area contributed by atoms with Crippen molar-refractivity contribution in [3.8, 4) is 5.75 Å². The standard InChI is InChI=1S/C18H17BrN2O4/c1-3-25-17(18(23)21-16-9-6-13(19)10-20-16)15(11-22)12-4-7-14(24-2)8-5-12/h4-11H,3H2,1-2H3,(H,20,21,23). The molecule has 0 saturated heterocycles. The number of allylic oxidation sites excluding steroid dienone is 1. The second-order valence-electron chi connectivity index (χ2n) is 4.84. The van der Waals surface area contributed by atoms with Crippen LogP contribution in [0.5, 0.6) is 5.75 Å². The molecule has 0 atom stereocenters. The first kappa shape index (κ1) is 18.7. The summed E-state index contributed by atoms with van der Waals surface area (Å²) in [5.74, 6) is 0.392. The van der Waals surface area contributed by atoms with E-state index in [1.807, 2.05) is 0 Å². The molecule has 1 amide bonds. The smallest absolute Gasteiger partial charge is 0.292 e. The van der Waals surface area contributed by atoms with Gasteiger partial charge in [-0.05, 0) is 52.7 Å². The number of pyridine rings is 1. The molecule has 1 aromatic heterocycles. The van der Waals surface area contributed by atoms with E-state index in [1.165, 1.54) is 0 Å². The molecule has 0 radical (unpaired) electrons. The average molecular weight is 405 g/mol. The Labute approximate surface area is 154 Å². The maximum atomic E-state index is 12.6. The van der Waals surface area contributed by atoms with Gasteiger partial charge in [0, 0.05) is 10.7 Å². The van der Waals surface area contributed by atoms with Gasteiger partial charge in [-0.15, -0.1) is 0 Å². The minimum atomic E-state index is -0.547. The van der Waals surface area contributed by atoms with Crippen molar-refractivity contribution in [2.45, 2.75) is 6.92 Å². The van der Waals surface area contributed by atoms with E-state index in [9.17, 15) is 9.59 Å². The number of carbonyl (C=O) groups excluding carboxylic acids is 2. The summed E-state index contributed by atoms with van der Waals surface area (Å²) in [6, 6.07) is 10.2. The Morgan fingerprint density at radius 2 is 1.96 bits per heavy atom. The van der Waals surface area contributed by atoms with E-state index < -0.39 is 5.91 Å². The lowest BCUT2D eigenvalue weighted by Gasteiger charge is -2.12. The Kier molecular flexibility index (Phi) is 6.71. The average Bonchev–Trinajstić information content (AvgIpc) is 2.64. The van der Waals surface area contributed by atoms with Crippen LogP contribution in [0.3, 0.4) is 0 Å². The molecule has 2 rings (SSSR count). The van der Waals surface area contributed by atoms with Gasteiger partial charge in [-0.3, -0.25) is 9.59 Å². The van der Waals surface area contributed by atoms with E-state index in [0.717, 1.165) is 4.47 Å². The molecule has 6 nitrogen and oxygen atoms in total. The van der Waals surface area contributed by atoms with Gasteiger partial charge >= 0.3 is 0 Å². The van der Waals surface area contributed by atoms with Crippen LogP contribution < -0.4 is 10.1 Å². The van der Waals surface area contributed by atoms with E-state index in [4.69, 9.17) is 9.47 Å². The molecule has 2 aromatic rings. The number of aromatic nitrogens is 1. The van der Waals surface area contributed by atoms with E-state index in [1.54, 1.807) is 56.6 Å². The van der Waals surface area contributed by atoms with E-state index in [-0.39, 0.29) is 17.9 Å². The summed E-state index contributed by atoms with van der Waals surface area (Å²) in [7, 11) is 1.55. The lowest BCUT2D eigenvalue weighted by atomic mass is 10.1. The molecular formula is C18H17BrN2O4. The van der Waals surface area contributed by atoms with Gasteiger partial charge in [-0.25, -0.2) is 4.98 Å². The molecule has 0 unspecified atom stereocenters. The van der Waals surface area contributed by atoms with Crippen molar-refractivity contribution in [3.63, 3.8) is 0 Å². The van der Waals surface area contributed by atoms with Crippen LogP contribution in [-0.4, -0.2) is 30.9 Å². The van der Waals surface area contributed by atoms with Crippen molar-refractivity contribution in [2.24, 2.45) is 0 Å². The Morgan fingerprint density at radius 1 is 1.24 bits per heavy atom. The number of rotatable bonds is 7. The molecule has 0 spiro atoms. The van der Waals surface area contributed by atoms with Gasteiger partial charge in [-0.1, -0.05) is 12.1 Å². The van der Waals surface area contributed by atoms with Crippen LogP contribution >= 0.6 is 15.9 Å². The maximum absolute atomic E-state index is 12.6. The van der Waals surface area contributed by atoms with Crippen molar-refractivity contribution in [2.75, 3.05) is 19.0 Å². The van der Waals surface area contributed by atoms with Crippen LogP contribution in [0.2, 0.25) is 0 Å². The first-order chi connectivity index (χ1) is 12.1. The highest BCUT2D eigenvalue weighted by Crippen LogP contribution is 2.22. The van der Waals surface area contributed by atoms with Crippen LogP contribution in [-0.2, 0) is 14.3 Å². The predicted molar refractivity (Wildman–Crippen MR) is 98.2 cm³/mol. The van der Waals surface area contributed by atoms with Gasteiger partial charge in [0.25, 0.3) is 5.91 Å². The second-order valence-corrected chi connectivity index (χ2v) is 5.75. The fourth-order valence-corrected chi connectivity index (χ4v) is 2.29. The summed E-state index contributed by atoms with van der Waals surface area (Å²) in [5.41, 5.74) is 0.706. The molecule has 130 valence electrons. The van der Waals surface area contributed by atoms with Gasteiger partial charge in [0.15, 0.2) is 12.0 Å². The molecular weight excluding hydrogens is 388 g/mol. The monoisotopic (exact) mass is 404 g/mol. The molecule has 0 fully saturated rings. The summed E-state index contributed by atoms with van der Waals surface area (Å²) in [4.78, 5) is 28.2. The molecule has 25 heavy (non-hydrogen) atoms. The minimum absolute atomic E-state index is 0.0626.